The lowest BCUT2D eigenvalue weighted by Gasteiger charge is -2.15. The number of phenolic OH excluding ortho intramolecular Hbond substituents is 3. The molecular formula is C38H42O6. The summed E-state index contributed by atoms with van der Waals surface area (Å²) in [6.45, 7) is 0. The predicted octanol–water partition coefficient (Wildman–Crippen LogP) is 8.60. The molecule has 4 aromatic carbocycles. The number of fused-ring (bicyclic) bond motifs is 1. The monoisotopic (exact) mass is 594 g/mol. The van der Waals surface area contributed by atoms with Gasteiger partial charge in [-0.3, -0.25) is 9.59 Å². The number of benzene rings is 4. The summed E-state index contributed by atoms with van der Waals surface area (Å²) in [6.07, 6.45) is 10.0. The Balaban J connectivity index is 1.02. The molecule has 0 aromatic heterocycles. The van der Waals surface area contributed by atoms with Crippen molar-refractivity contribution in [2.45, 2.75) is 89.6 Å². The number of ketones is 2. The number of aryl methyl sites for hydroxylation is 2. The van der Waals surface area contributed by atoms with Crippen LogP contribution >= 0.6 is 0 Å². The minimum absolute atomic E-state index is 0.00847. The second kappa shape index (κ2) is 14.9. The normalized spacial score (nSPS) is 13.4. The number of ether oxygens (including phenoxy) is 1. The van der Waals surface area contributed by atoms with Crippen LogP contribution in [0.3, 0.4) is 0 Å². The van der Waals surface area contributed by atoms with Crippen LogP contribution in [-0.4, -0.2) is 33.0 Å². The fourth-order valence-electron chi connectivity index (χ4n) is 6.18. The van der Waals surface area contributed by atoms with Gasteiger partial charge in [0.15, 0.2) is 11.5 Å². The molecule has 0 saturated heterocycles. The first-order valence-electron chi connectivity index (χ1n) is 15.9. The average molecular weight is 595 g/mol. The van der Waals surface area contributed by atoms with Crippen LogP contribution in [0.5, 0.6) is 23.0 Å². The molecule has 230 valence electrons. The van der Waals surface area contributed by atoms with E-state index in [0.717, 1.165) is 90.8 Å². The smallest absolute Gasteiger partial charge is 0.161 e. The largest absolute Gasteiger partial charge is 0.508 e. The van der Waals surface area contributed by atoms with Crippen molar-refractivity contribution in [3.8, 4) is 34.1 Å². The Morgan fingerprint density at radius 1 is 0.705 bits per heavy atom. The van der Waals surface area contributed by atoms with E-state index >= 15 is 0 Å². The molecule has 44 heavy (non-hydrogen) atoms. The van der Waals surface area contributed by atoms with E-state index in [1.165, 1.54) is 0 Å². The maximum absolute atomic E-state index is 12.5. The molecule has 4 aromatic rings. The van der Waals surface area contributed by atoms with E-state index in [1.54, 1.807) is 30.3 Å². The average Bonchev–Trinajstić information content (AvgIpc) is 3.52. The lowest BCUT2D eigenvalue weighted by atomic mass is 9.93. The zero-order chi connectivity index (χ0) is 30.9. The van der Waals surface area contributed by atoms with Gasteiger partial charge in [0.05, 0.1) is 12.5 Å². The summed E-state index contributed by atoms with van der Waals surface area (Å²) >= 11 is 0. The van der Waals surface area contributed by atoms with Crippen molar-refractivity contribution in [3.63, 3.8) is 0 Å². The van der Waals surface area contributed by atoms with Crippen molar-refractivity contribution < 1.29 is 29.6 Å². The second-order valence-electron chi connectivity index (χ2n) is 12.1. The van der Waals surface area contributed by atoms with Gasteiger partial charge < -0.3 is 20.1 Å². The fraction of sp³-hybridized carbons (Fsp3) is 0.368. The summed E-state index contributed by atoms with van der Waals surface area (Å²) in [5.41, 5.74) is 3.78. The van der Waals surface area contributed by atoms with Crippen LogP contribution in [0.15, 0.2) is 72.8 Å². The molecule has 0 atom stereocenters. The highest BCUT2D eigenvalue weighted by atomic mass is 16.5. The van der Waals surface area contributed by atoms with Gasteiger partial charge in [-0.05, 0) is 115 Å². The van der Waals surface area contributed by atoms with Gasteiger partial charge in [0.2, 0.25) is 0 Å². The molecule has 3 N–H and O–H groups in total. The molecule has 1 fully saturated rings. The molecule has 0 radical (unpaired) electrons. The van der Waals surface area contributed by atoms with Gasteiger partial charge in [-0.2, -0.15) is 0 Å². The molecule has 0 bridgehead atoms. The van der Waals surface area contributed by atoms with Gasteiger partial charge in [0.1, 0.15) is 23.1 Å². The number of hydrogen-bond acceptors (Lipinski definition) is 6. The van der Waals surface area contributed by atoms with Crippen LogP contribution in [0.1, 0.15) is 81.8 Å². The van der Waals surface area contributed by atoms with Crippen LogP contribution in [0.25, 0.3) is 21.9 Å². The highest BCUT2D eigenvalue weighted by Crippen LogP contribution is 2.36. The highest BCUT2D eigenvalue weighted by Gasteiger charge is 2.19. The standard InChI is InChI=1S/C38H42O6/c39-31(25-33(41)19-14-26-15-21-35(42)37(22-26)44-34-11-5-6-12-34)10-4-2-1-3-8-27-9-7-13-36(43)38(27)30-17-16-29-24-32(40)20-18-28(29)23-30/h7,9,13,15-18,20-24,34,40,42-43H,1-6,8,10-12,14,19,25H2. The van der Waals surface area contributed by atoms with Crippen molar-refractivity contribution in [1.29, 1.82) is 0 Å². The maximum atomic E-state index is 12.5. The van der Waals surface area contributed by atoms with E-state index in [9.17, 15) is 24.9 Å². The molecule has 0 spiro atoms. The third kappa shape index (κ3) is 8.40. The molecule has 6 nitrogen and oxygen atoms in total. The Morgan fingerprint density at radius 2 is 1.45 bits per heavy atom. The zero-order valence-corrected chi connectivity index (χ0v) is 25.3. The lowest BCUT2D eigenvalue weighted by molar-refractivity contribution is -0.127. The molecule has 0 amide bonds. The Bertz CT molecular complexity index is 1600. The zero-order valence-electron chi connectivity index (χ0n) is 25.3. The summed E-state index contributed by atoms with van der Waals surface area (Å²) in [5.74, 6) is 1.02. The Kier molecular flexibility index (Phi) is 10.5. The third-order valence-electron chi connectivity index (χ3n) is 8.60. The first-order chi connectivity index (χ1) is 21.4. The van der Waals surface area contributed by atoms with E-state index in [4.69, 9.17) is 4.74 Å². The maximum Gasteiger partial charge on any atom is 0.161 e. The molecule has 1 aliphatic carbocycles. The Hall–Kier alpha value is -4.32. The molecule has 6 heteroatoms. The van der Waals surface area contributed by atoms with Gasteiger partial charge in [-0.1, -0.05) is 49.2 Å². The van der Waals surface area contributed by atoms with Gasteiger partial charge in [-0.15, -0.1) is 0 Å². The minimum atomic E-state index is -0.0526. The van der Waals surface area contributed by atoms with Crippen LogP contribution in [-0.2, 0) is 22.4 Å². The predicted molar refractivity (Wildman–Crippen MR) is 173 cm³/mol. The first-order valence-corrected chi connectivity index (χ1v) is 15.9. The number of aromatic hydroxyl groups is 3. The molecule has 1 saturated carbocycles. The number of hydrogen-bond donors (Lipinski definition) is 3. The molecular weight excluding hydrogens is 552 g/mol. The van der Waals surface area contributed by atoms with Crippen LogP contribution in [0.4, 0.5) is 0 Å². The molecule has 5 rings (SSSR count). The van der Waals surface area contributed by atoms with E-state index in [-0.39, 0.29) is 41.3 Å². The summed E-state index contributed by atoms with van der Waals surface area (Å²) in [6, 6.07) is 22.1. The van der Waals surface area contributed by atoms with Gasteiger partial charge in [-0.25, -0.2) is 0 Å². The first kappa shape index (κ1) is 31.1. The third-order valence-corrected chi connectivity index (χ3v) is 8.60. The van der Waals surface area contributed by atoms with E-state index in [0.29, 0.717) is 25.0 Å². The molecule has 1 aliphatic rings. The van der Waals surface area contributed by atoms with Crippen molar-refractivity contribution in [1.82, 2.24) is 0 Å². The number of phenols is 3. The van der Waals surface area contributed by atoms with Crippen LogP contribution in [0.2, 0.25) is 0 Å². The van der Waals surface area contributed by atoms with E-state index in [1.807, 2.05) is 42.5 Å². The summed E-state index contributed by atoms with van der Waals surface area (Å²) in [7, 11) is 0. The molecule has 0 aliphatic heterocycles. The van der Waals surface area contributed by atoms with E-state index < -0.39 is 0 Å². The summed E-state index contributed by atoms with van der Waals surface area (Å²) < 4.78 is 5.96. The van der Waals surface area contributed by atoms with Gasteiger partial charge in [0.25, 0.3) is 0 Å². The second-order valence-corrected chi connectivity index (χ2v) is 12.1. The lowest BCUT2D eigenvalue weighted by Crippen LogP contribution is -2.11. The van der Waals surface area contributed by atoms with Crippen molar-refractivity contribution >= 4 is 22.3 Å². The molecule has 0 unspecified atom stereocenters. The molecule has 0 heterocycles. The van der Waals surface area contributed by atoms with Crippen molar-refractivity contribution in [2.75, 3.05) is 0 Å². The topological polar surface area (TPSA) is 104 Å². The van der Waals surface area contributed by atoms with Crippen LogP contribution in [0, 0.1) is 0 Å². The summed E-state index contributed by atoms with van der Waals surface area (Å²) in [4.78, 5) is 24.9. The van der Waals surface area contributed by atoms with E-state index in [2.05, 4.69) is 0 Å². The minimum Gasteiger partial charge on any atom is -0.508 e. The van der Waals surface area contributed by atoms with Crippen LogP contribution < -0.4 is 4.74 Å². The number of rotatable bonds is 15. The summed E-state index contributed by atoms with van der Waals surface area (Å²) in [5, 5.41) is 32.5. The van der Waals surface area contributed by atoms with Crippen molar-refractivity contribution in [2.24, 2.45) is 0 Å². The number of carbonyl (C=O) groups excluding carboxylic acids is 2. The number of Topliss-reactive ketones (excluding diaryl/α,β-unsaturated/α-hetero) is 2. The Morgan fingerprint density at radius 3 is 2.30 bits per heavy atom. The number of carbonyl (C=O) groups is 2. The fourth-order valence-corrected chi connectivity index (χ4v) is 6.18. The van der Waals surface area contributed by atoms with Gasteiger partial charge in [0, 0.05) is 18.4 Å². The SMILES string of the molecule is O=C(CCCCCCc1cccc(O)c1-c1ccc2cc(O)ccc2c1)CC(=O)CCc1ccc(O)c(OC2CCCC2)c1. The quantitative estimate of drug-likeness (QED) is 0.0940. The number of unbranched alkanes of at least 4 members (excludes halogenated alkanes) is 3. The van der Waals surface area contributed by atoms with Crippen molar-refractivity contribution in [3.05, 3.63) is 83.9 Å². The highest BCUT2D eigenvalue weighted by molar-refractivity contribution is 5.99. The Labute approximate surface area is 259 Å². The van der Waals surface area contributed by atoms with Gasteiger partial charge >= 0.3 is 0 Å².